The lowest BCUT2D eigenvalue weighted by Gasteiger charge is -2.33. The van der Waals surface area contributed by atoms with Crippen molar-refractivity contribution in [2.75, 3.05) is 20.8 Å². The van der Waals surface area contributed by atoms with Gasteiger partial charge in [-0.25, -0.2) is 0 Å². The lowest BCUT2D eigenvalue weighted by molar-refractivity contribution is -0.137. The summed E-state index contributed by atoms with van der Waals surface area (Å²) in [6.45, 7) is 5.82. The van der Waals surface area contributed by atoms with Crippen molar-refractivity contribution in [3.8, 4) is 17.2 Å². The molecule has 2 aliphatic rings. The summed E-state index contributed by atoms with van der Waals surface area (Å²) in [4.78, 5) is 14.8. The summed E-state index contributed by atoms with van der Waals surface area (Å²) in [5.41, 5.74) is 2.80. The van der Waals surface area contributed by atoms with Crippen LogP contribution in [0.4, 0.5) is 0 Å². The second kappa shape index (κ2) is 7.72. The molecule has 5 heteroatoms. The first-order valence-electron chi connectivity index (χ1n) is 11.1. The van der Waals surface area contributed by atoms with E-state index in [0.29, 0.717) is 17.5 Å². The van der Waals surface area contributed by atoms with Crippen LogP contribution in [0.2, 0.25) is 0 Å². The Hall–Kier alpha value is -2.79. The van der Waals surface area contributed by atoms with Crippen LogP contribution in [-0.2, 0) is 17.8 Å². The molecule has 162 valence electrons. The minimum Gasteiger partial charge on any atom is -0.493 e. The van der Waals surface area contributed by atoms with Crippen molar-refractivity contribution in [3.05, 3.63) is 41.5 Å². The van der Waals surface area contributed by atoms with Crippen LogP contribution in [0, 0.1) is 5.92 Å². The third kappa shape index (κ3) is 3.32. The first kappa shape index (κ1) is 20.1. The number of fused-ring (bicyclic) bond motifs is 7. The van der Waals surface area contributed by atoms with E-state index in [1.165, 1.54) is 41.3 Å². The smallest absolute Gasteiger partial charge is 0.313 e. The van der Waals surface area contributed by atoms with Crippen LogP contribution in [0.3, 0.4) is 0 Å². The Morgan fingerprint density at radius 2 is 1.68 bits per heavy atom. The van der Waals surface area contributed by atoms with Crippen LogP contribution >= 0.6 is 0 Å². The highest BCUT2D eigenvalue weighted by Crippen LogP contribution is 2.44. The van der Waals surface area contributed by atoms with E-state index in [9.17, 15) is 4.79 Å². The topological polar surface area (TPSA) is 48.0 Å². The molecule has 0 saturated carbocycles. The maximum atomic E-state index is 12.2. The first-order valence-corrected chi connectivity index (χ1v) is 11.1. The molecular formula is C26H29NO4. The molecule has 1 atom stereocenters. The highest BCUT2D eigenvalue weighted by atomic mass is 16.5. The molecule has 0 bridgehead atoms. The predicted octanol–water partition coefficient (Wildman–Crippen LogP) is 5.09. The van der Waals surface area contributed by atoms with Gasteiger partial charge in [0.05, 0.1) is 20.1 Å². The third-order valence-corrected chi connectivity index (χ3v) is 6.81. The molecule has 2 aliphatic heterocycles. The van der Waals surface area contributed by atoms with Gasteiger partial charge >= 0.3 is 5.97 Å². The molecule has 0 N–H and O–H groups in total. The van der Waals surface area contributed by atoms with E-state index in [1.54, 1.807) is 14.2 Å². The van der Waals surface area contributed by atoms with Crippen LogP contribution in [0.5, 0.6) is 17.2 Å². The Morgan fingerprint density at radius 1 is 0.968 bits per heavy atom. The standard InChI is InChI=1S/C26H29NO4/c1-15(2)26(28)31-17-7-8-18-20(11-17)22-13-25(30-4)24(29-3)12-21(22)19-10-16-6-5-9-27(16)14-23(18)19/h7-8,11-13,15-16H,5-6,9-10,14H2,1-4H3/t16-/m1/s1. The number of hydrogen-bond donors (Lipinski definition) is 0. The molecule has 2 heterocycles. The molecule has 3 aromatic carbocycles. The van der Waals surface area contributed by atoms with Crippen LogP contribution in [0.1, 0.15) is 37.8 Å². The van der Waals surface area contributed by atoms with E-state index < -0.39 is 0 Å². The van der Waals surface area contributed by atoms with Crippen LogP contribution in [0.25, 0.3) is 21.5 Å². The van der Waals surface area contributed by atoms with E-state index >= 15 is 0 Å². The van der Waals surface area contributed by atoms with Gasteiger partial charge in [-0.3, -0.25) is 9.69 Å². The number of hydrogen-bond acceptors (Lipinski definition) is 5. The zero-order valence-corrected chi connectivity index (χ0v) is 18.7. The number of rotatable bonds is 4. The van der Waals surface area contributed by atoms with Gasteiger partial charge in [0.1, 0.15) is 5.75 Å². The fourth-order valence-electron chi connectivity index (χ4n) is 5.17. The number of carbonyl (C=O) groups is 1. The fourth-order valence-corrected chi connectivity index (χ4v) is 5.17. The molecule has 0 aromatic heterocycles. The van der Waals surface area contributed by atoms with E-state index in [1.807, 2.05) is 26.0 Å². The third-order valence-electron chi connectivity index (χ3n) is 6.81. The van der Waals surface area contributed by atoms with E-state index in [4.69, 9.17) is 14.2 Å². The number of esters is 1. The molecule has 0 aliphatic carbocycles. The van der Waals surface area contributed by atoms with Crippen molar-refractivity contribution in [2.24, 2.45) is 5.92 Å². The summed E-state index contributed by atoms with van der Waals surface area (Å²) in [7, 11) is 3.34. The van der Waals surface area contributed by atoms with Crippen LogP contribution in [-0.4, -0.2) is 37.7 Å². The Kier molecular flexibility index (Phi) is 5.01. The Labute approximate surface area is 182 Å². The number of ether oxygens (including phenoxy) is 3. The molecule has 1 fully saturated rings. The number of methoxy groups -OCH3 is 2. The van der Waals surface area contributed by atoms with Crippen molar-refractivity contribution >= 4 is 27.5 Å². The fraction of sp³-hybridized carbons (Fsp3) is 0.423. The van der Waals surface area contributed by atoms with Gasteiger partial charge in [-0.15, -0.1) is 0 Å². The summed E-state index contributed by atoms with van der Waals surface area (Å²) >= 11 is 0. The highest BCUT2D eigenvalue weighted by Gasteiger charge is 2.32. The molecule has 0 radical (unpaired) electrons. The lowest BCUT2D eigenvalue weighted by Crippen LogP contribution is -2.35. The van der Waals surface area contributed by atoms with E-state index in [0.717, 1.165) is 29.5 Å². The van der Waals surface area contributed by atoms with Crippen LogP contribution < -0.4 is 14.2 Å². The molecule has 0 amide bonds. The summed E-state index contributed by atoms with van der Waals surface area (Å²) in [6, 6.07) is 10.8. The van der Waals surface area contributed by atoms with Gasteiger partial charge < -0.3 is 14.2 Å². The zero-order chi connectivity index (χ0) is 21.7. The van der Waals surface area contributed by atoms with Gasteiger partial charge in [0.15, 0.2) is 11.5 Å². The lowest BCUT2D eigenvalue weighted by atomic mass is 9.85. The van der Waals surface area contributed by atoms with Gasteiger partial charge in [-0.05, 0) is 82.7 Å². The van der Waals surface area contributed by atoms with Crippen molar-refractivity contribution < 1.29 is 19.0 Å². The van der Waals surface area contributed by atoms with Gasteiger partial charge in [0.25, 0.3) is 0 Å². The average molecular weight is 420 g/mol. The summed E-state index contributed by atoms with van der Waals surface area (Å²) in [6.07, 6.45) is 3.58. The Balaban J connectivity index is 1.78. The molecule has 1 saturated heterocycles. The van der Waals surface area contributed by atoms with Crippen molar-refractivity contribution in [1.29, 1.82) is 0 Å². The maximum Gasteiger partial charge on any atom is 0.313 e. The normalized spacial score (nSPS) is 18.3. The zero-order valence-electron chi connectivity index (χ0n) is 18.7. The molecule has 5 rings (SSSR count). The van der Waals surface area contributed by atoms with Gasteiger partial charge in [0, 0.05) is 12.6 Å². The Morgan fingerprint density at radius 3 is 2.39 bits per heavy atom. The summed E-state index contributed by atoms with van der Waals surface area (Å²) in [5, 5.41) is 4.63. The van der Waals surface area contributed by atoms with Crippen molar-refractivity contribution in [2.45, 2.75) is 45.7 Å². The largest absolute Gasteiger partial charge is 0.493 e. The molecular weight excluding hydrogens is 390 g/mol. The number of benzene rings is 3. The monoisotopic (exact) mass is 419 g/mol. The van der Waals surface area contributed by atoms with Crippen molar-refractivity contribution in [3.63, 3.8) is 0 Å². The minimum absolute atomic E-state index is 0.174. The predicted molar refractivity (Wildman–Crippen MR) is 122 cm³/mol. The highest BCUT2D eigenvalue weighted by molar-refractivity contribution is 6.12. The SMILES string of the molecule is COc1cc2c3c(c4ccc(OC(=O)C(C)C)cc4c2cc1OC)CN1CCC[C@@H]1C3. The number of carbonyl (C=O) groups excluding carboxylic acids is 1. The maximum absolute atomic E-state index is 12.2. The Bertz CT molecular complexity index is 1180. The second-order valence-electron chi connectivity index (χ2n) is 8.96. The number of nitrogens with zero attached hydrogens (tertiary/aromatic N) is 1. The van der Waals surface area contributed by atoms with E-state index in [-0.39, 0.29) is 11.9 Å². The van der Waals surface area contributed by atoms with Gasteiger partial charge in [-0.1, -0.05) is 19.9 Å². The van der Waals surface area contributed by atoms with Gasteiger partial charge in [0.2, 0.25) is 0 Å². The van der Waals surface area contributed by atoms with E-state index in [2.05, 4.69) is 23.1 Å². The molecule has 3 aromatic rings. The average Bonchev–Trinajstić information content (AvgIpc) is 3.24. The van der Waals surface area contributed by atoms with Crippen molar-refractivity contribution in [1.82, 2.24) is 4.90 Å². The summed E-state index contributed by atoms with van der Waals surface area (Å²) in [5.74, 6) is 1.64. The second-order valence-corrected chi connectivity index (χ2v) is 8.96. The quantitative estimate of drug-likeness (QED) is 0.335. The molecule has 31 heavy (non-hydrogen) atoms. The minimum atomic E-state index is -0.222. The molecule has 0 spiro atoms. The first-order chi connectivity index (χ1) is 15.0. The van der Waals surface area contributed by atoms with Crippen LogP contribution in [0.15, 0.2) is 30.3 Å². The molecule has 5 nitrogen and oxygen atoms in total. The summed E-state index contributed by atoms with van der Waals surface area (Å²) < 4.78 is 16.9. The van der Waals surface area contributed by atoms with Gasteiger partial charge in [-0.2, -0.15) is 0 Å². The molecule has 0 unspecified atom stereocenters.